The van der Waals surface area contributed by atoms with E-state index in [0.717, 1.165) is 17.7 Å². The molecular weight excluding hydrogens is 372 g/mol. The normalized spacial score (nSPS) is 23.6. The van der Waals surface area contributed by atoms with Crippen LogP contribution in [0.3, 0.4) is 0 Å². The lowest BCUT2D eigenvalue weighted by molar-refractivity contribution is -0.896. The minimum atomic E-state index is -0.761. The van der Waals surface area contributed by atoms with Gasteiger partial charge in [0.2, 0.25) is 6.10 Å². The second kappa shape index (κ2) is 7.91. The van der Waals surface area contributed by atoms with Gasteiger partial charge in [-0.15, -0.1) is 0 Å². The molecule has 0 radical (unpaired) electrons. The molecule has 0 aromatic heterocycles. The fraction of sp³-hybridized carbons (Fsp3) is 0.571. The molecule has 3 aliphatic rings. The molecule has 1 saturated heterocycles. The number of nitriles is 1. The Morgan fingerprint density at radius 3 is 2.62 bits per heavy atom. The zero-order valence-electron chi connectivity index (χ0n) is 16.6. The van der Waals surface area contributed by atoms with Gasteiger partial charge >= 0.3 is 0 Å². The number of carbonyl (C=O) groups is 2. The number of quaternary nitrogens is 1. The summed E-state index contributed by atoms with van der Waals surface area (Å²) in [6.07, 6.45) is 1.36. The molecule has 154 valence electrons. The molecule has 2 heterocycles. The summed E-state index contributed by atoms with van der Waals surface area (Å²) in [5.74, 6) is 1.34. The van der Waals surface area contributed by atoms with Gasteiger partial charge in [-0.25, -0.2) is 0 Å². The van der Waals surface area contributed by atoms with Crippen molar-refractivity contribution < 1.29 is 24.0 Å². The Bertz CT molecular complexity index is 826. The third-order valence-corrected chi connectivity index (χ3v) is 6.00. The highest BCUT2D eigenvalue weighted by Crippen LogP contribution is 2.39. The lowest BCUT2D eigenvalue weighted by Crippen LogP contribution is -3.16. The van der Waals surface area contributed by atoms with Crippen LogP contribution in [0, 0.1) is 17.2 Å². The van der Waals surface area contributed by atoms with Gasteiger partial charge in [-0.3, -0.25) is 9.59 Å². The average molecular weight is 399 g/mol. The van der Waals surface area contributed by atoms with Crippen LogP contribution >= 0.6 is 0 Å². The third kappa shape index (κ3) is 4.30. The van der Waals surface area contributed by atoms with Crippen LogP contribution in [0.4, 0.5) is 0 Å². The van der Waals surface area contributed by atoms with Crippen LogP contribution in [-0.4, -0.2) is 67.7 Å². The minimum absolute atomic E-state index is 0.0752. The zero-order chi connectivity index (χ0) is 20.4. The molecule has 1 aromatic carbocycles. The van der Waals surface area contributed by atoms with Crippen LogP contribution in [0.5, 0.6) is 11.5 Å². The quantitative estimate of drug-likeness (QED) is 0.687. The number of piperazine rings is 1. The molecule has 0 spiro atoms. The van der Waals surface area contributed by atoms with Crippen molar-refractivity contribution >= 4 is 11.8 Å². The highest BCUT2D eigenvalue weighted by atomic mass is 16.6. The van der Waals surface area contributed by atoms with Gasteiger partial charge in [-0.2, -0.15) is 5.26 Å². The van der Waals surface area contributed by atoms with E-state index in [2.05, 4.69) is 11.4 Å². The van der Waals surface area contributed by atoms with E-state index in [1.807, 2.05) is 18.2 Å². The van der Waals surface area contributed by atoms with Crippen LogP contribution in [-0.2, 0) is 9.59 Å². The number of benzene rings is 1. The Morgan fingerprint density at radius 2 is 1.97 bits per heavy atom. The van der Waals surface area contributed by atoms with Gasteiger partial charge in [0.25, 0.3) is 11.8 Å². The number of carbonyl (C=O) groups excluding carboxylic acids is 2. The molecule has 2 atom stereocenters. The Balaban J connectivity index is 1.25. The van der Waals surface area contributed by atoms with Gasteiger partial charge in [-0.05, 0) is 37.8 Å². The molecule has 8 heteroatoms. The maximum absolute atomic E-state index is 12.8. The van der Waals surface area contributed by atoms with Crippen molar-refractivity contribution in [2.24, 2.45) is 5.92 Å². The molecule has 29 heavy (non-hydrogen) atoms. The second-order valence-corrected chi connectivity index (χ2v) is 8.25. The van der Waals surface area contributed by atoms with Gasteiger partial charge in [0.1, 0.15) is 12.1 Å². The van der Waals surface area contributed by atoms with E-state index in [0.29, 0.717) is 44.2 Å². The average Bonchev–Trinajstić information content (AvgIpc) is 3.59. The van der Waals surface area contributed by atoms with E-state index in [-0.39, 0.29) is 24.3 Å². The monoisotopic (exact) mass is 399 g/mol. The lowest BCUT2D eigenvalue weighted by atomic mass is 9.98. The predicted molar refractivity (Wildman–Crippen MR) is 103 cm³/mol. The first-order valence-corrected chi connectivity index (χ1v) is 10.2. The first-order chi connectivity index (χ1) is 14.0. The van der Waals surface area contributed by atoms with Crippen molar-refractivity contribution in [1.82, 2.24) is 10.2 Å². The lowest BCUT2D eigenvalue weighted by Gasteiger charge is -2.35. The van der Waals surface area contributed by atoms with E-state index in [9.17, 15) is 14.9 Å². The Labute approximate surface area is 170 Å². The first kappa shape index (κ1) is 19.5. The number of fused-ring (bicyclic) bond motifs is 1. The van der Waals surface area contributed by atoms with Crippen LogP contribution in [0.2, 0.25) is 0 Å². The van der Waals surface area contributed by atoms with Crippen molar-refractivity contribution in [2.45, 2.75) is 31.4 Å². The summed E-state index contributed by atoms with van der Waals surface area (Å²) in [5.41, 5.74) is -0.761. The molecule has 0 bridgehead atoms. The number of ether oxygens (including phenoxy) is 2. The molecule has 1 saturated carbocycles. The maximum atomic E-state index is 12.8. The number of hydrogen-bond donors (Lipinski definition) is 2. The van der Waals surface area contributed by atoms with Gasteiger partial charge in [0, 0.05) is 0 Å². The van der Waals surface area contributed by atoms with E-state index < -0.39 is 11.6 Å². The molecule has 2 fully saturated rings. The summed E-state index contributed by atoms with van der Waals surface area (Å²) < 4.78 is 11.5. The van der Waals surface area contributed by atoms with E-state index >= 15 is 0 Å². The SMILES string of the molecule is C[C@@](C#N)(NC(=O)C[NH+]1CCN(C(=O)[C@@H]2COc3ccccc3O2)CC1)C1CC1. The largest absolute Gasteiger partial charge is 0.485 e. The van der Waals surface area contributed by atoms with Gasteiger partial charge < -0.3 is 24.6 Å². The van der Waals surface area contributed by atoms with Gasteiger partial charge in [0.05, 0.1) is 32.2 Å². The number of nitrogens with zero attached hydrogens (tertiary/aromatic N) is 2. The molecule has 2 N–H and O–H groups in total. The Hall–Kier alpha value is -2.79. The maximum Gasteiger partial charge on any atom is 0.276 e. The fourth-order valence-corrected chi connectivity index (χ4v) is 4.01. The predicted octanol–water partition coefficient (Wildman–Crippen LogP) is -0.638. The van der Waals surface area contributed by atoms with Crippen molar-refractivity contribution in [1.29, 1.82) is 5.26 Å². The van der Waals surface area contributed by atoms with Crippen LogP contribution < -0.4 is 19.7 Å². The number of nitrogens with one attached hydrogen (secondary N) is 2. The summed E-state index contributed by atoms with van der Waals surface area (Å²) in [6.45, 7) is 4.86. The summed E-state index contributed by atoms with van der Waals surface area (Å²) in [7, 11) is 0. The molecule has 4 rings (SSSR count). The van der Waals surface area contributed by atoms with Crippen LogP contribution in [0.15, 0.2) is 24.3 Å². The molecule has 8 nitrogen and oxygen atoms in total. The highest BCUT2D eigenvalue weighted by molar-refractivity contribution is 5.82. The molecule has 1 aliphatic carbocycles. The molecular formula is C21H27N4O4+. The first-order valence-electron chi connectivity index (χ1n) is 10.2. The molecule has 2 aliphatic heterocycles. The summed E-state index contributed by atoms with van der Waals surface area (Å²) in [6, 6.07) is 9.59. The molecule has 2 amide bonds. The van der Waals surface area contributed by atoms with E-state index in [4.69, 9.17) is 9.47 Å². The van der Waals surface area contributed by atoms with Gasteiger partial charge in [-0.1, -0.05) is 12.1 Å². The molecule has 0 unspecified atom stereocenters. The van der Waals surface area contributed by atoms with Crippen molar-refractivity contribution in [3.63, 3.8) is 0 Å². The topological polar surface area (TPSA) is 96.1 Å². The summed E-state index contributed by atoms with van der Waals surface area (Å²) in [5, 5.41) is 12.3. The number of hydrogen-bond acceptors (Lipinski definition) is 5. The fourth-order valence-electron chi connectivity index (χ4n) is 4.01. The zero-order valence-corrected chi connectivity index (χ0v) is 16.6. The Kier molecular flexibility index (Phi) is 5.33. The standard InChI is InChI=1S/C21H26N4O4/c1-21(14-22,15-6-7-15)23-19(26)12-24-8-10-25(11-9-24)20(27)18-13-28-16-4-2-3-5-17(16)29-18/h2-5,15,18H,6-13H2,1H3,(H,23,26)/p+1/t18-,21-/m0/s1. The van der Waals surface area contributed by atoms with Crippen molar-refractivity contribution in [3.05, 3.63) is 24.3 Å². The minimum Gasteiger partial charge on any atom is -0.485 e. The van der Waals surface area contributed by atoms with Crippen molar-refractivity contribution in [2.75, 3.05) is 39.3 Å². The van der Waals surface area contributed by atoms with Crippen LogP contribution in [0.25, 0.3) is 0 Å². The van der Waals surface area contributed by atoms with Gasteiger partial charge in [0.15, 0.2) is 18.0 Å². The number of rotatable bonds is 5. The third-order valence-electron chi connectivity index (χ3n) is 6.00. The van der Waals surface area contributed by atoms with E-state index in [1.54, 1.807) is 17.9 Å². The van der Waals surface area contributed by atoms with E-state index in [1.165, 1.54) is 0 Å². The summed E-state index contributed by atoms with van der Waals surface area (Å²) in [4.78, 5) is 28.1. The summed E-state index contributed by atoms with van der Waals surface area (Å²) >= 11 is 0. The van der Waals surface area contributed by atoms with Crippen LogP contribution in [0.1, 0.15) is 19.8 Å². The Morgan fingerprint density at radius 1 is 1.28 bits per heavy atom. The highest BCUT2D eigenvalue weighted by Gasteiger charge is 2.43. The number of para-hydroxylation sites is 2. The van der Waals surface area contributed by atoms with Crippen molar-refractivity contribution in [3.8, 4) is 17.6 Å². The second-order valence-electron chi connectivity index (χ2n) is 8.25. The molecule has 1 aromatic rings. The smallest absolute Gasteiger partial charge is 0.276 e. The number of amides is 2.